The van der Waals surface area contributed by atoms with Crippen molar-refractivity contribution >= 4 is 5.82 Å². The second-order valence-corrected chi connectivity index (χ2v) is 4.03. The Morgan fingerprint density at radius 3 is 2.32 bits per heavy atom. The third-order valence-electron chi connectivity index (χ3n) is 2.78. The van der Waals surface area contributed by atoms with Crippen molar-refractivity contribution in [2.75, 3.05) is 20.0 Å². The summed E-state index contributed by atoms with van der Waals surface area (Å²) in [6, 6.07) is 4.76. The lowest BCUT2D eigenvalue weighted by molar-refractivity contribution is 0.346. The molecule has 1 aromatic heterocycles. The normalized spacial score (nSPS) is 12.2. The van der Waals surface area contributed by atoms with Gasteiger partial charge < -0.3 is 19.7 Å². The second kappa shape index (κ2) is 5.17. The Kier molecular flexibility index (Phi) is 3.59. The molecule has 0 bridgehead atoms. The van der Waals surface area contributed by atoms with Crippen LogP contribution in [0, 0.1) is 0 Å². The third kappa shape index (κ3) is 2.47. The van der Waals surface area contributed by atoms with E-state index in [1.165, 1.54) is 27.2 Å². The van der Waals surface area contributed by atoms with Crippen molar-refractivity contribution in [1.29, 1.82) is 0 Å². The first kappa shape index (κ1) is 13.2. The van der Waals surface area contributed by atoms with Gasteiger partial charge in [0.05, 0.1) is 14.2 Å². The van der Waals surface area contributed by atoms with E-state index in [4.69, 9.17) is 19.7 Å². The summed E-state index contributed by atoms with van der Waals surface area (Å²) in [5.41, 5.74) is 6.48. The van der Waals surface area contributed by atoms with Crippen molar-refractivity contribution in [3.63, 3.8) is 0 Å². The number of nitrogen functional groups attached to an aromatic ring is 1. The fraction of sp³-hybridized carbons (Fsp3) is 0.308. The molecule has 0 radical (unpaired) electrons. The third-order valence-corrected chi connectivity index (χ3v) is 2.78. The summed E-state index contributed by atoms with van der Waals surface area (Å²) in [6.45, 7) is 1.43. The predicted molar refractivity (Wildman–Crippen MR) is 69.0 cm³/mol. The monoisotopic (exact) mass is 266 g/mol. The Morgan fingerprint density at radius 2 is 1.84 bits per heavy atom. The lowest BCUT2D eigenvalue weighted by atomic mass is 10.0. The van der Waals surface area contributed by atoms with E-state index in [2.05, 4.69) is 5.16 Å². The Bertz CT molecular complexity index is 581. The van der Waals surface area contributed by atoms with Crippen molar-refractivity contribution in [3.05, 3.63) is 23.8 Å². The van der Waals surface area contributed by atoms with Gasteiger partial charge in [-0.05, 0) is 19.1 Å². The van der Waals surface area contributed by atoms with Crippen LogP contribution in [-0.4, -0.2) is 19.4 Å². The van der Waals surface area contributed by atoms with E-state index in [1.54, 1.807) is 12.1 Å². The molecule has 2 rings (SSSR count). The van der Waals surface area contributed by atoms with Crippen LogP contribution in [-0.2, 0) is 0 Å². The van der Waals surface area contributed by atoms with Crippen LogP contribution in [0.25, 0.3) is 11.3 Å². The summed E-state index contributed by atoms with van der Waals surface area (Å²) in [6.07, 6.45) is -1.19. The molecule has 0 saturated heterocycles. The molecule has 2 N–H and O–H groups in total. The molecule has 0 aliphatic heterocycles. The Balaban J connectivity index is 2.63. The van der Waals surface area contributed by atoms with Crippen LogP contribution >= 0.6 is 0 Å². The van der Waals surface area contributed by atoms with E-state index in [1.807, 2.05) is 0 Å². The average Bonchev–Trinajstić information content (AvgIpc) is 2.83. The number of aromatic nitrogens is 1. The van der Waals surface area contributed by atoms with Crippen molar-refractivity contribution in [3.8, 4) is 22.8 Å². The number of alkyl halides is 1. The summed E-state index contributed by atoms with van der Waals surface area (Å²) in [5, 5.41) is 3.60. The summed E-state index contributed by atoms with van der Waals surface area (Å²) >= 11 is 0. The Hall–Kier alpha value is -2.24. The molecule has 0 fully saturated rings. The van der Waals surface area contributed by atoms with Crippen LogP contribution in [0.5, 0.6) is 11.5 Å². The van der Waals surface area contributed by atoms with E-state index in [0.717, 1.165) is 0 Å². The standard InChI is InChI=1S/C13H15FN2O3/c1-7(14)8-4-11(17-2)12(18-3)5-9(8)10-6-13(15)16-19-10/h4-7H,1-3H3,(H2,15,16). The zero-order chi connectivity index (χ0) is 14.0. The quantitative estimate of drug-likeness (QED) is 0.921. The SMILES string of the molecule is COc1cc(-c2cc(N)no2)c(C(C)F)cc1OC. The first-order valence-corrected chi connectivity index (χ1v) is 5.69. The number of hydrogen-bond acceptors (Lipinski definition) is 5. The fourth-order valence-corrected chi connectivity index (χ4v) is 1.85. The molecular formula is C13H15FN2O3. The fourth-order valence-electron chi connectivity index (χ4n) is 1.85. The number of benzene rings is 1. The van der Waals surface area contributed by atoms with E-state index >= 15 is 0 Å². The largest absolute Gasteiger partial charge is 0.493 e. The molecule has 6 heteroatoms. The number of methoxy groups -OCH3 is 2. The number of nitrogens with two attached hydrogens (primary N) is 1. The number of anilines is 1. The molecule has 5 nitrogen and oxygen atoms in total. The van der Waals surface area contributed by atoms with Gasteiger partial charge in [0.1, 0.15) is 6.17 Å². The first-order chi connectivity index (χ1) is 9.06. The molecule has 2 aromatic rings. The van der Waals surface area contributed by atoms with Crippen molar-refractivity contribution in [2.45, 2.75) is 13.1 Å². The number of hydrogen-bond donors (Lipinski definition) is 1. The predicted octanol–water partition coefficient (Wildman–Crippen LogP) is 2.97. The minimum Gasteiger partial charge on any atom is -0.493 e. The molecule has 0 spiro atoms. The number of ether oxygens (including phenoxy) is 2. The molecule has 0 saturated carbocycles. The van der Waals surface area contributed by atoms with Crippen LogP contribution in [0.3, 0.4) is 0 Å². The van der Waals surface area contributed by atoms with Gasteiger partial charge in [-0.1, -0.05) is 5.16 Å². The number of rotatable bonds is 4. The topological polar surface area (TPSA) is 70.5 Å². The summed E-state index contributed by atoms with van der Waals surface area (Å²) in [7, 11) is 3.01. The van der Waals surface area contributed by atoms with Crippen LogP contribution in [0.4, 0.5) is 10.2 Å². The number of nitrogens with zero attached hydrogens (tertiary/aromatic N) is 1. The van der Waals surface area contributed by atoms with Gasteiger partial charge in [0, 0.05) is 17.2 Å². The summed E-state index contributed by atoms with van der Waals surface area (Å²) in [4.78, 5) is 0. The smallest absolute Gasteiger partial charge is 0.169 e. The first-order valence-electron chi connectivity index (χ1n) is 5.69. The van der Waals surface area contributed by atoms with Crippen LogP contribution in [0.2, 0.25) is 0 Å². The molecule has 19 heavy (non-hydrogen) atoms. The van der Waals surface area contributed by atoms with Gasteiger partial charge in [-0.15, -0.1) is 0 Å². The zero-order valence-electron chi connectivity index (χ0n) is 10.9. The van der Waals surface area contributed by atoms with Gasteiger partial charge >= 0.3 is 0 Å². The van der Waals surface area contributed by atoms with Crippen LogP contribution in [0.1, 0.15) is 18.7 Å². The second-order valence-electron chi connectivity index (χ2n) is 4.03. The van der Waals surface area contributed by atoms with E-state index in [0.29, 0.717) is 28.4 Å². The molecule has 1 heterocycles. The van der Waals surface area contributed by atoms with E-state index in [9.17, 15) is 4.39 Å². The van der Waals surface area contributed by atoms with E-state index in [-0.39, 0.29) is 5.82 Å². The summed E-state index contributed by atoms with van der Waals surface area (Å²) in [5.74, 6) is 1.57. The highest BCUT2D eigenvalue weighted by Crippen LogP contribution is 2.39. The highest BCUT2D eigenvalue weighted by atomic mass is 19.1. The van der Waals surface area contributed by atoms with Gasteiger partial charge in [-0.25, -0.2) is 4.39 Å². The molecular weight excluding hydrogens is 251 g/mol. The molecule has 0 aliphatic rings. The highest BCUT2D eigenvalue weighted by molar-refractivity contribution is 5.69. The number of halogens is 1. The highest BCUT2D eigenvalue weighted by Gasteiger charge is 2.19. The van der Waals surface area contributed by atoms with Crippen molar-refractivity contribution in [1.82, 2.24) is 5.16 Å². The average molecular weight is 266 g/mol. The lowest BCUT2D eigenvalue weighted by Crippen LogP contribution is -1.96. The van der Waals surface area contributed by atoms with Gasteiger partial charge in [0.2, 0.25) is 0 Å². The van der Waals surface area contributed by atoms with Gasteiger partial charge in [0.15, 0.2) is 23.1 Å². The Labute approximate surface area is 110 Å². The maximum absolute atomic E-state index is 13.7. The Morgan fingerprint density at radius 1 is 1.21 bits per heavy atom. The molecule has 102 valence electrons. The molecule has 1 aromatic carbocycles. The zero-order valence-corrected chi connectivity index (χ0v) is 10.9. The van der Waals surface area contributed by atoms with Gasteiger partial charge in [-0.2, -0.15) is 0 Å². The van der Waals surface area contributed by atoms with Crippen LogP contribution < -0.4 is 15.2 Å². The minimum absolute atomic E-state index is 0.238. The van der Waals surface area contributed by atoms with Gasteiger partial charge in [-0.3, -0.25) is 0 Å². The van der Waals surface area contributed by atoms with Gasteiger partial charge in [0.25, 0.3) is 0 Å². The summed E-state index contributed by atoms with van der Waals surface area (Å²) < 4.78 is 29.2. The van der Waals surface area contributed by atoms with Crippen molar-refractivity contribution in [2.24, 2.45) is 0 Å². The van der Waals surface area contributed by atoms with Crippen molar-refractivity contribution < 1.29 is 18.4 Å². The van der Waals surface area contributed by atoms with E-state index < -0.39 is 6.17 Å². The van der Waals surface area contributed by atoms with Crippen LogP contribution in [0.15, 0.2) is 22.7 Å². The maximum atomic E-state index is 13.7. The molecule has 1 unspecified atom stereocenters. The minimum atomic E-state index is -1.19. The maximum Gasteiger partial charge on any atom is 0.169 e. The lowest BCUT2D eigenvalue weighted by Gasteiger charge is -2.14. The molecule has 0 aliphatic carbocycles. The molecule has 1 atom stereocenters. The molecule has 0 amide bonds.